The van der Waals surface area contributed by atoms with Gasteiger partial charge >= 0.3 is 5.97 Å². The third-order valence-corrected chi connectivity index (χ3v) is 7.65. The van der Waals surface area contributed by atoms with Crippen LogP contribution in [0.5, 0.6) is 0 Å². The van der Waals surface area contributed by atoms with E-state index in [1.807, 2.05) is 12.1 Å². The van der Waals surface area contributed by atoms with Gasteiger partial charge in [-0.25, -0.2) is 9.00 Å². The number of benzene rings is 3. The highest BCUT2D eigenvalue weighted by atomic mass is 32.2. The van der Waals surface area contributed by atoms with E-state index in [0.29, 0.717) is 33.6 Å². The van der Waals surface area contributed by atoms with Gasteiger partial charge in [-0.1, -0.05) is 44.2 Å². The fourth-order valence-corrected chi connectivity index (χ4v) is 5.52. The quantitative estimate of drug-likeness (QED) is 0.217. The number of anilines is 3. The van der Waals surface area contributed by atoms with E-state index >= 15 is 0 Å². The van der Waals surface area contributed by atoms with Crippen LogP contribution >= 0.6 is 0 Å². The number of amides is 2. The van der Waals surface area contributed by atoms with Crippen LogP contribution in [-0.2, 0) is 20.9 Å². The first-order valence-corrected chi connectivity index (χ1v) is 13.9. The summed E-state index contributed by atoms with van der Waals surface area (Å²) in [4.78, 5) is 38.3. The third-order valence-electron chi connectivity index (χ3n) is 6.88. The number of aryl methyl sites for hydroxylation is 1. The Kier molecular flexibility index (Phi) is 8.60. The summed E-state index contributed by atoms with van der Waals surface area (Å²) < 4.78 is 28.6. The Bertz CT molecular complexity index is 1630. The summed E-state index contributed by atoms with van der Waals surface area (Å²) in [7, 11) is 1.67. The van der Waals surface area contributed by atoms with Crippen LogP contribution in [0.1, 0.15) is 36.9 Å². The Hall–Kier alpha value is -4.48. The Balaban J connectivity index is 1.53. The molecular weight excluding hydrogens is 546 g/mol. The minimum absolute atomic E-state index is 0.139. The van der Waals surface area contributed by atoms with Gasteiger partial charge in [0.05, 0.1) is 11.4 Å². The lowest BCUT2D eigenvalue weighted by Gasteiger charge is -2.29. The van der Waals surface area contributed by atoms with Crippen LogP contribution in [0.2, 0.25) is 0 Å². The molecule has 4 aromatic rings. The first-order valence-electron chi connectivity index (χ1n) is 12.8. The van der Waals surface area contributed by atoms with Crippen LogP contribution in [0.15, 0.2) is 71.1 Å². The molecule has 3 N–H and O–H groups in total. The Morgan fingerprint density at radius 2 is 1.54 bits per heavy atom. The van der Waals surface area contributed by atoms with Gasteiger partial charge in [0.1, 0.15) is 11.6 Å². The average Bonchev–Trinajstić information content (AvgIpc) is 3.27. The van der Waals surface area contributed by atoms with E-state index in [4.69, 9.17) is 4.42 Å². The first-order chi connectivity index (χ1) is 19.4. The summed E-state index contributed by atoms with van der Waals surface area (Å²) in [5.41, 5.74) is 4.24. The van der Waals surface area contributed by atoms with Crippen LogP contribution in [-0.4, -0.2) is 44.7 Å². The standard InChI is InChI=1S/C30H31N3O7S/c1-17(2)27(30(36)37)33(41(38)39)23-15-11-21(12-16-23)20-9-13-22(14-10-20)31-29(35)28-18(3)26-24(32(5)19(4)34)7-6-8-25(26)40-28/h6-17,27H,1-5H3,(H,31,35)(H,36,37)(H,38,39). The summed E-state index contributed by atoms with van der Waals surface area (Å²) in [5, 5.41) is 13.1. The van der Waals surface area contributed by atoms with Crippen molar-refractivity contribution in [1.82, 2.24) is 0 Å². The second-order valence-corrected chi connectivity index (χ2v) is 10.8. The minimum atomic E-state index is -2.53. The van der Waals surface area contributed by atoms with Crippen molar-refractivity contribution in [2.45, 2.75) is 33.7 Å². The number of furan rings is 1. The number of carboxylic acid groups (broad SMARTS) is 1. The number of hydrogen-bond acceptors (Lipinski definition) is 5. The molecule has 1 aromatic heterocycles. The fraction of sp³-hybridized carbons (Fsp3) is 0.233. The van der Waals surface area contributed by atoms with Gasteiger partial charge in [0, 0.05) is 30.6 Å². The molecule has 0 aliphatic heterocycles. The number of carbonyl (C=O) groups is 3. The largest absolute Gasteiger partial charge is 0.480 e. The summed E-state index contributed by atoms with van der Waals surface area (Å²) >= 11 is -2.53. The average molecular weight is 578 g/mol. The summed E-state index contributed by atoms with van der Waals surface area (Å²) in [6.07, 6.45) is 0. The molecule has 0 saturated carbocycles. The van der Waals surface area contributed by atoms with Crippen LogP contribution < -0.4 is 14.5 Å². The molecule has 214 valence electrons. The van der Waals surface area contributed by atoms with Gasteiger partial charge in [-0.3, -0.25) is 18.4 Å². The molecule has 10 nitrogen and oxygen atoms in total. The van der Waals surface area contributed by atoms with Crippen molar-refractivity contribution in [3.63, 3.8) is 0 Å². The molecule has 11 heteroatoms. The lowest BCUT2D eigenvalue weighted by atomic mass is 10.0. The second-order valence-electron chi connectivity index (χ2n) is 9.95. The predicted octanol–water partition coefficient (Wildman–Crippen LogP) is 5.70. The van der Waals surface area contributed by atoms with Gasteiger partial charge in [-0.2, -0.15) is 0 Å². The molecule has 1 heterocycles. The van der Waals surface area contributed by atoms with Crippen LogP contribution in [0.25, 0.3) is 22.1 Å². The van der Waals surface area contributed by atoms with E-state index in [2.05, 4.69) is 5.32 Å². The van der Waals surface area contributed by atoms with E-state index in [0.717, 1.165) is 15.4 Å². The van der Waals surface area contributed by atoms with Gasteiger partial charge in [-0.15, -0.1) is 0 Å². The van der Waals surface area contributed by atoms with E-state index in [9.17, 15) is 28.3 Å². The molecule has 0 bridgehead atoms. The molecule has 3 aromatic carbocycles. The molecule has 0 radical (unpaired) electrons. The maximum absolute atomic E-state index is 13.1. The van der Waals surface area contributed by atoms with Crippen molar-refractivity contribution in [3.05, 3.63) is 78.1 Å². The highest BCUT2D eigenvalue weighted by Gasteiger charge is 2.32. The third kappa shape index (κ3) is 6.01. The predicted molar refractivity (Wildman–Crippen MR) is 159 cm³/mol. The van der Waals surface area contributed by atoms with Crippen molar-refractivity contribution in [2.24, 2.45) is 5.92 Å². The lowest BCUT2D eigenvalue weighted by Crippen LogP contribution is -2.45. The Morgan fingerprint density at radius 3 is 2.05 bits per heavy atom. The zero-order valence-corrected chi connectivity index (χ0v) is 24.1. The fourth-order valence-electron chi connectivity index (χ4n) is 4.69. The lowest BCUT2D eigenvalue weighted by molar-refractivity contribution is -0.139. The van der Waals surface area contributed by atoms with E-state index in [-0.39, 0.29) is 11.7 Å². The van der Waals surface area contributed by atoms with Gasteiger partial charge in [-0.05, 0) is 60.4 Å². The first kappa shape index (κ1) is 29.5. The van der Waals surface area contributed by atoms with Gasteiger partial charge < -0.3 is 19.7 Å². The maximum Gasteiger partial charge on any atom is 0.327 e. The SMILES string of the molecule is CC(=O)N(C)c1cccc2oc(C(=O)Nc3ccc(-c4ccc(N(C(C(=O)O)C(C)C)S(=O)O)cc4)cc3)c(C)c12. The molecule has 0 saturated heterocycles. The number of carboxylic acids is 1. The minimum Gasteiger partial charge on any atom is -0.480 e. The molecule has 0 spiro atoms. The van der Waals surface area contributed by atoms with Crippen molar-refractivity contribution in [2.75, 3.05) is 21.6 Å². The topological polar surface area (TPSA) is 140 Å². The van der Waals surface area contributed by atoms with Crippen molar-refractivity contribution in [3.8, 4) is 11.1 Å². The molecule has 0 fully saturated rings. The summed E-state index contributed by atoms with van der Waals surface area (Å²) in [6.45, 7) is 6.59. The van der Waals surface area contributed by atoms with E-state index in [1.165, 1.54) is 11.8 Å². The maximum atomic E-state index is 13.1. The molecule has 2 amide bonds. The number of nitrogens with zero attached hydrogens (tertiary/aromatic N) is 2. The van der Waals surface area contributed by atoms with Crippen LogP contribution in [0, 0.1) is 12.8 Å². The highest BCUT2D eigenvalue weighted by Crippen LogP contribution is 2.34. The molecule has 2 unspecified atom stereocenters. The van der Waals surface area contributed by atoms with E-state index in [1.54, 1.807) is 82.4 Å². The van der Waals surface area contributed by atoms with E-state index < -0.39 is 35.1 Å². The number of fused-ring (bicyclic) bond motifs is 1. The van der Waals surface area contributed by atoms with Crippen molar-refractivity contribution in [1.29, 1.82) is 0 Å². The zero-order chi connectivity index (χ0) is 30.0. The smallest absolute Gasteiger partial charge is 0.327 e. The van der Waals surface area contributed by atoms with Crippen LogP contribution in [0.4, 0.5) is 17.1 Å². The summed E-state index contributed by atoms with van der Waals surface area (Å²) in [6, 6.07) is 17.9. The number of nitrogens with one attached hydrogen (secondary N) is 1. The number of aliphatic carboxylic acids is 1. The molecule has 0 aliphatic rings. The highest BCUT2D eigenvalue weighted by molar-refractivity contribution is 7.80. The van der Waals surface area contributed by atoms with Gasteiger partial charge in [0.15, 0.2) is 5.76 Å². The van der Waals surface area contributed by atoms with Crippen molar-refractivity contribution < 1.29 is 32.7 Å². The van der Waals surface area contributed by atoms with Crippen molar-refractivity contribution >= 4 is 57.1 Å². The zero-order valence-electron chi connectivity index (χ0n) is 23.2. The Morgan fingerprint density at radius 1 is 0.951 bits per heavy atom. The molecule has 2 atom stereocenters. The summed E-state index contributed by atoms with van der Waals surface area (Å²) in [5.74, 6) is -2.01. The molecule has 41 heavy (non-hydrogen) atoms. The second kappa shape index (κ2) is 11.9. The molecule has 4 rings (SSSR count). The molecule has 0 aliphatic carbocycles. The van der Waals surface area contributed by atoms with Gasteiger partial charge in [0.2, 0.25) is 5.91 Å². The van der Waals surface area contributed by atoms with Crippen LogP contribution in [0.3, 0.4) is 0 Å². The number of rotatable bonds is 9. The normalized spacial score (nSPS) is 12.7. The van der Waals surface area contributed by atoms with Gasteiger partial charge in [0.25, 0.3) is 17.2 Å². The molecular formula is C30H31N3O7S. The Labute approximate surface area is 240 Å². The number of hydrogen-bond donors (Lipinski definition) is 3. The monoisotopic (exact) mass is 577 g/mol. The number of carbonyl (C=O) groups excluding carboxylic acids is 2.